The highest BCUT2D eigenvalue weighted by molar-refractivity contribution is 6.35. The van der Waals surface area contributed by atoms with E-state index in [0.29, 0.717) is 17.3 Å². The van der Waals surface area contributed by atoms with Gasteiger partial charge in [0.25, 0.3) is 5.91 Å². The summed E-state index contributed by atoms with van der Waals surface area (Å²) in [4.78, 5) is 23.8. The van der Waals surface area contributed by atoms with Gasteiger partial charge in [-0.15, -0.1) is 0 Å². The van der Waals surface area contributed by atoms with Crippen molar-refractivity contribution in [3.63, 3.8) is 0 Å². The van der Waals surface area contributed by atoms with Crippen molar-refractivity contribution in [2.24, 2.45) is 0 Å². The van der Waals surface area contributed by atoms with Crippen molar-refractivity contribution in [1.29, 1.82) is 0 Å². The van der Waals surface area contributed by atoms with Crippen molar-refractivity contribution in [3.8, 4) is 11.5 Å². The van der Waals surface area contributed by atoms with Gasteiger partial charge in [0, 0.05) is 22.3 Å². The summed E-state index contributed by atoms with van der Waals surface area (Å²) in [6.45, 7) is -0.356. The van der Waals surface area contributed by atoms with Crippen LogP contribution in [0.25, 0.3) is 10.8 Å². The van der Waals surface area contributed by atoms with Gasteiger partial charge < -0.3 is 19.5 Å². The Morgan fingerprint density at radius 1 is 0.931 bits per heavy atom. The van der Waals surface area contributed by atoms with E-state index in [0.717, 1.165) is 22.1 Å². The Labute approximate surface area is 173 Å². The van der Waals surface area contributed by atoms with Crippen LogP contribution in [0.3, 0.4) is 0 Å². The number of methoxy groups -OCH3 is 1. The lowest BCUT2D eigenvalue weighted by Crippen LogP contribution is -2.29. The Kier molecular flexibility index (Phi) is 6.92. The molecule has 0 aliphatic rings. The van der Waals surface area contributed by atoms with Gasteiger partial charge in [-0.25, -0.2) is 4.79 Å². The first-order chi connectivity index (χ1) is 14.1. The molecule has 0 unspecified atom stereocenters. The highest BCUT2D eigenvalue weighted by atomic mass is 35.5. The third kappa shape index (κ3) is 5.62. The van der Waals surface area contributed by atoms with Crippen molar-refractivity contribution < 1.29 is 23.8 Å². The van der Waals surface area contributed by atoms with Crippen molar-refractivity contribution >= 4 is 34.2 Å². The Balaban J connectivity index is 1.44. The molecule has 1 N–H and O–H groups in total. The molecule has 29 heavy (non-hydrogen) atoms. The molecule has 1 amide bonds. The van der Waals surface area contributed by atoms with Gasteiger partial charge in [-0.1, -0.05) is 48.0 Å². The molecule has 0 aliphatic carbocycles. The first kappa shape index (κ1) is 20.5. The lowest BCUT2D eigenvalue weighted by Gasteiger charge is -2.10. The quantitative estimate of drug-likeness (QED) is 0.569. The Morgan fingerprint density at radius 3 is 2.38 bits per heavy atom. The number of esters is 1. The highest BCUT2D eigenvalue weighted by Gasteiger charge is 2.11. The molecule has 0 heterocycles. The fraction of sp³-hybridized carbons (Fsp3) is 0.182. The van der Waals surface area contributed by atoms with Crippen LogP contribution in [0, 0.1) is 0 Å². The number of carbonyl (C=O) groups is 2. The number of halogens is 1. The van der Waals surface area contributed by atoms with Gasteiger partial charge in [-0.2, -0.15) is 0 Å². The van der Waals surface area contributed by atoms with Crippen molar-refractivity contribution in [2.45, 2.75) is 6.54 Å². The topological polar surface area (TPSA) is 73.9 Å². The van der Waals surface area contributed by atoms with E-state index >= 15 is 0 Å². The molecule has 3 aromatic carbocycles. The van der Waals surface area contributed by atoms with Gasteiger partial charge in [0.2, 0.25) is 0 Å². The molecule has 0 aromatic heterocycles. The van der Waals surface area contributed by atoms with E-state index in [1.54, 1.807) is 31.4 Å². The standard InChI is InChI=1S/C22H20ClNO5/c1-27-16-8-6-15(7-9-16)12-24-21(25)13-29-22(26)14-28-20-11-10-19(23)17-4-2-3-5-18(17)20/h2-11H,12-14H2,1H3,(H,24,25). The second-order valence-electron chi connectivity index (χ2n) is 6.17. The summed E-state index contributed by atoms with van der Waals surface area (Å²) in [5.74, 6) is 0.225. The molecule has 0 spiro atoms. The number of rotatable bonds is 8. The smallest absolute Gasteiger partial charge is 0.344 e. The van der Waals surface area contributed by atoms with Crippen molar-refractivity contribution in [2.75, 3.05) is 20.3 Å². The van der Waals surface area contributed by atoms with E-state index in [1.165, 1.54) is 0 Å². The van der Waals surface area contributed by atoms with Crippen molar-refractivity contribution in [3.05, 3.63) is 71.2 Å². The maximum Gasteiger partial charge on any atom is 0.344 e. The summed E-state index contributed by atoms with van der Waals surface area (Å²) < 4.78 is 15.6. The molecule has 0 atom stereocenters. The highest BCUT2D eigenvalue weighted by Crippen LogP contribution is 2.31. The molecule has 7 heteroatoms. The zero-order chi connectivity index (χ0) is 20.6. The Hall–Kier alpha value is -3.25. The van der Waals surface area contributed by atoms with E-state index in [1.807, 2.05) is 36.4 Å². The molecule has 3 rings (SSSR count). The van der Waals surface area contributed by atoms with E-state index in [9.17, 15) is 9.59 Å². The third-order valence-electron chi connectivity index (χ3n) is 4.19. The van der Waals surface area contributed by atoms with Crippen LogP contribution in [-0.2, 0) is 20.9 Å². The largest absolute Gasteiger partial charge is 0.497 e. The second kappa shape index (κ2) is 9.80. The molecule has 3 aromatic rings. The van der Waals surface area contributed by atoms with E-state index in [4.69, 9.17) is 25.8 Å². The van der Waals surface area contributed by atoms with Crippen LogP contribution in [0.5, 0.6) is 11.5 Å². The number of amides is 1. The summed E-state index contributed by atoms with van der Waals surface area (Å²) in [5, 5.41) is 4.91. The van der Waals surface area contributed by atoms with Crippen LogP contribution < -0.4 is 14.8 Å². The van der Waals surface area contributed by atoms with E-state index in [-0.39, 0.29) is 13.2 Å². The van der Waals surface area contributed by atoms with Gasteiger partial charge in [-0.3, -0.25) is 4.79 Å². The summed E-state index contributed by atoms with van der Waals surface area (Å²) in [6.07, 6.45) is 0. The molecule has 6 nitrogen and oxygen atoms in total. The molecule has 0 radical (unpaired) electrons. The second-order valence-corrected chi connectivity index (χ2v) is 6.57. The van der Waals surface area contributed by atoms with Crippen LogP contribution in [0.4, 0.5) is 0 Å². The number of carbonyl (C=O) groups excluding carboxylic acids is 2. The lowest BCUT2D eigenvalue weighted by molar-refractivity contribution is -0.150. The number of nitrogens with one attached hydrogen (secondary N) is 1. The fourth-order valence-corrected chi connectivity index (χ4v) is 2.91. The molecular weight excluding hydrogens is 394 g/mol. The van der Waals surface area contributed by atoms with Gasteiger partial charge >= 0.3 is 5.97 Å². The van der Waals surface area contributed by atoms with Gasteiger partial charge in [0.15, 0.2) is 13.2 Å². The van der Waals surface area contributed by atoms with E-state index in [2.05, 4.69) is 5.32 Å². The third-order valence-corrected chi connectivity index (χ3v) is 4.52. The van der Waals surface area contributed by atoms with Gasteiger partial charge in [-0.05, 0) is 29.8 Å². The molecule has 0 aliphatic heterocycles. The minimum atomic E-state index is -0.636. The summed E-state index contributed by atoms with van der Waals surface area (Å²) in [6, 6.07) is 18.2. The average Bonchev–Trinajstić information content (AvgIpc) is 2.76. The maximum absolute atomic E-state index is 11.9. The van der Waals surface area contributed by atoms with E-state index < -0.39 is 11.9 Å². The molecule has 0 bridgehead atoms. The minimum Gasteiger partial charge on any atom is -0.497 e. The molecule has 0 saturated heterocycles. The van der Waals surface area contributed by atoms with Crippen LogP contribution in [0.15, 0.2) is 60.7 Å². The zero-order valence-electron chi connectivity index (χ0n) is 15.8. The van der Waals surface area contributed by atoms with Gasteiger partial charge in [0.1, 0.15) is 11.5 Å². The van der Waals surface area contributed by atoms with Crippen LogP contribution in [0.1, 0.15) is 5.56 Å². The SMILES string of the molecule is COc1ccc(CNC(=O)COC(=O)COc2ccc(Cl)c3ccccc23)cc1. The Bertz CT molecular complexity index is 1000. The zero-order valence-corrected chi connectivity index (χ0v) is 16.6. The maximum atomic E-state index is 11.9. The molecule has 0 saturated carbocycles. The first-order valence-electron chi connectivity index (χ1n) is 8.92. The number of hydrogen-bond donors (Lipinski definition) is 1. The van der Waals surface area contributed by atoms with Crippen LogP contribution in [0.2, 0.25) is 5.02 Å². The first-order valence-corrected chi connectivity index (χ1v) is 9.30. The van der Waals surface area contributed by atoms with Crippen LogP contribution in [-0.4, -0.2) is 32.2 Å². The number of fused-ring (bicyclic) bond motifs is 1. The fourth-order valence-electron chi connectivity index (χ4n) is 2.68. The summed E-state index contributed by atoms with van der Waals surface area (Å²) >= 11 is 6.17. The lowest BCUT2D eigenvalue weighted by atomic mass is 10.1. The predicted octanol–water partition coefficient (Wildman–Crippen LogP) is 3.74. The van der Waals surface area contributed by atoms with Gasteiger partial charge in [0.05, 0.1) is 7.11 Å². The summed E-state index contributed by atoms with van der Waals surface area (Å²) in [7, 11) is 1.59. The number of ether oxygens (including phenoxy) is 3. The average molecular weight is 414 g/mol. The van der Waals surface area contributed by atoms with Crippen LogP contribution >= 0.6 is 11.6 Å². The normalized spacial score (nSPS) is 10.4. The molecular formula is C22H20ClNO5. The monoisotopic (exact) mass is 413 g/mol. The molecule has 150 valence electrons. The number of benzene rings is 3. The Morgan fingerprint density at radius 2 is 1.66 bits per heavy atom. The predicted molar refractivity (Wildman–Crippen MR) is 110 cm³/mol. The summed E-state index contributed by atoms with van der Waals surface area (Å²) in [5.41, 5.74) is 0.906. The minimum absolute atomic E-state index is 0.308. The van der Waals surface area contributed by atoms with Crippen molar-refractivity contribution in [1.82, 2.24) is 5.32 Å². The number of hydrogen-bond acceptors (Lipinski definition) is 5. The molecule has 0 fully saturated rings.